The zero-order valence-electron chi connectivity index (χ0n) is 9.19. The van der Waals surface area contributed by atoms with Crippen LogP contribution in [0.4, 0.5) is 24.6 Å². The van der Waals surface area contributed by atoms with Crippen molar-refractivity contribution in [3.8, 4) is 0 Å². The topological polar surface area (TPSA) is 65.2 Å². The number of nitrogens with zero attached hydrogens (tertiary/aromatic N) is 1. The minimum Gasteiger partial charge on any atom is -0.461 e. The molecule has 4 nitrogen and oxygen atoms in total. The van der Waals surface area contributed by atoms with Crippen molar-refractivity contribution < 1.29 is 29.0 Å². The first-order valence-electron chi connectivity index (χ1n) is 4.62. The molecule has 1 rings (SSSR count). The fourth-order valence-corrected chi connectivity index (χ4v) is 1.97. The lowest BCUT2D eigenvalue weighted by Gasteiger charge is -2.36. The number of thiazole rings is 1. The quantitative estimate of drug-likeness (QED) is 0.663. The van der Waals surface area contributed by atoms with Crippen LogP contribution < -0.4 is 5.73 Å². The van der Waals surface area contributed by atoms with Gasteiger partial charge in [0.2, 0.25) is 0 Å². The Kier molecular flexibility index (Phi) is 3.58. The largest absolute Gasteiger partial charge is 0.461 e. The Bertz CT molecular complexity index is 510. The van der Waals surface area contributed by atoms with Gasteiger partial charge in [0.25, 0.3) is 0 Å². The number of aromatic nitrogens is 1. The zero-order valence-corrected chi connectivity index (χ0v) is 10.8. The third kappa shape index (κ3) is 7.62. The molecular weight excluding hydrogens is 315 g/mol. The first-order chi connectivity index (χ1) is 8.34. The molecule has 0 saturated heterocycles. The highest BCUT2D eigenvalue weighted by atomic mass is 32.5. The van der Waals surface area contributed by atoms with E-state index in [9.17, 15) is 24.2 Å². The zero-order chi connectivity index (χ0) is 14.8. The fourth-order valence-electron chi connectivity index (χ4n) is 0.965. The van der Waals surface area contributed by atoms with Crippen LogP contribution >= 0.6 is 21.6 Å². The van der Waals surface area contributed by atoms with Crippen molar-refractivity contribution in [2.75, 3.05) is 12.3 Å². The Morgan fingerprint density at radius 1 is 1.42 bits per heavy atom. The normalized spacial score (nSPS) is 16.1. The average molecular weight is 324 g/mol. The summed E-state index contributed by atoms with van der Waals surface area (Å²) in [4.78, 5) is 14.8. The molecule has 0 unspecified atom stereocenters. The van der Waals surface area contributed by atoms with Crippen LogP contribution in [0.5, 0.6) is 0 Å². The van der Waals surface area contributed by atoms with E-state index in [0.29, 0.717) is 5.69 Å². The summed E-state index contributed by atoms with van der Waals surface area (Å²) in [6.07, 6.45) is -0.243. The number of hydrogen-bond donors (Lipinski definition) is 1. The molecule has 1 aromatic heterocycles. The molecule has 0 saturated carbocycles. The van der Waals surface area contributed by atoms with Crippen molar-refractivity contribution in [2.24, 2.45) is 0 Å². The van der Waals surface area contributed by atoms with Crippen LogP contribution in [-0.4, -0.2) is 17.6 Å². The maximum atomic E-state index is 11.8. The Morgan fingerprint density at radius 3 is 2.53 bits per heavy atom. The smallest absolute Gasteiger partial charge is 0.312 e. The maximum Gasteiger partial charge on any atom is 0.312 e. The Hall–Kier alpha value is -1.36. The third-order valence-electron chi connectivity index (χ3n) is 1.59. The van der Waals surface area contributed by atoms with Gasteiger partial charge in [0.15, 0.2) is 5.13 Å². The Morgan fingerprint density at radius 2 is 2.05 bits per heavy atom. The molecule has 19 heavy (non-hydrogen) atoms. The summed E-state index contributed by atoms with van der Waals surface area (Å²) >= 11 is 1.08. The molecule has 0 aliphatic heterocycles. The number of hydrogen-bond acceptors (Lipinski definition) is 5. The number of esters is 1. The van der Waals surface area contributed by atoms with Gasteiger partial charge in [0.1, 0.15) is 6.61 Å². The van der Waals surface area contributed by atoms with Gasteiger partial charge in [0.05, 0.1) is 17.5 Å². The molecule has 0 fully saturated rings. The molecule has 0 radical (unpaired) electrons. The van der Waals surface area contributed by atoms with Crippen LogP contribution in [0.2, 0.25) is 0 Å². The van der Waals surface area contributed by atoms with E-state index in [0.717, 1.165) is 11.3 Å². The van der Waals surface area contributed by atoms with Gasteiger partial charge in [-0.3, -0.25) is 4.79 Å². The lowest BCUT2D eigenvalue weighted by molar-refractivity contribution is -0.141. The highest BCUT2D eigenvalue weighted by Gasteiger charge is 2.60. The molecule has 0 bridgehead atoms. The maximum absolute atomic E-state index is 11.8. The third-order valence-corrected chi connectivity index (χ3v) is 3.02. The SMILES string of the molecule is Nc1nc(CC(=O)OC/C=C/S(F)(F)(F)(F)F)cs1. The number of carbonyl (C=O) groups excluding carboxylic acids is 1. The molecule has 0 aliphatic carbocycles. The van der Waals surface area contributed by atoms with Crippen molar-refractivity contribution in [1.29, 1.82) is 0 Å². The molecule has 2 N–H and O–H groups in total. The minimum atomic E-state index is -9.59. The summed E-state index contributed by atoms with van der Waals surface area (Å²) in [5, 5.41) is 0.540. The van der Waals surface area contributed by atoms with Crippen molar-refractivity contribution >= 4 is 32.7 Å². The van der Waals surface area contributed by atoms with Gasteiger partial charge in [-0.15, -0.1) is 11.3 Å². The molecule has 0 spiro atoms. The van der Waals surface area contributed by atoms with E-state index in [2.05, 4.69) is 9.72 Å². The highest BCUT2D eigenvalue weighted by Crippen LogP contribution is 2.98. The van der Waals surface area contributed by atoms with Crippen molar-refractivity contribution in [3.05, 3.63) is 22.6 Å². The molecule has 11 heteroatoms. The molecule has 0 amide bonds. The summed E-state index contributed by atoms with van der Waals surface area (Å²) in [7, 11) is -9.59. The number of anilines is 1. The van der Waals surface area contributed by atoms with Gasteiger partial charge in [-0.1, -0.05) is 19.4 Å². The fraction of sp³-hybridized carbons (Fsp3) is 0.250. The van der Waals surface area contributed by atoms with Gasteiger partial charge in [-0.05, 0) is 6.08 Å². The first-order valence-corrected chi connectivity index (χ1v) is 7.51. The van der Waals surface area contributed by atoms with Crippen LogP contribution in [0.15, 0.2) is 16.9 Å². The van der Waals surface area contributed by atoms with E-state index in [-0.39, 0.29) is 17.6 Å². The van der Waals surface area contributed by atoms with E-state index in [1.807, 2.05) is 0 Å². The summed E-state index contributed by atoms with van der Waals surface area (Å²) < 4.78 is 63.5. The monoisotopic (exact) mass is 324 g/mol. The van der Waals surface area contributed by atoms with Crippen LogP contribution in [0.25, 0.3) is 0 Å². The van der Waals surface area contributed by atoms with Gasteiger partial charge in [0, 0.05) is 5.38 Å². The molecule has 0 aromatic carbocycles. The number of carbonyl (C=O) groups is 1. The Labute approximate surface area is 108 Å². The molecule has 0 aliphatic rings. The van der Waals surface area contributed by atoms with Gasteiger partial charge in [-0.2, -0.15) is 0 Å². The van der Waals surface area contributed by atoms with Crippen LogP contribution in [0.3, 0.4) is 0 Å². The number of rotatable bonds is 5. The first kappa shape index (κ1) is 15.7. The number of nitrogens with two attached hydrogens (primary N) is 1. The van der Waals surface area contributed by atoms with Crippen LogP contribution in [0, 0.1) is 0 Å². The Balaban J connectivity index is 2.42. The second-order valence-corrected chi connectivity index (χ2v) is 6.66. The van der Waals surface area contributed by atoms with E-state index < -0.39 is 28.2 Å². The van der Waals surface area contributed by atoms with E-state index in [1.165, 1.54) is 5.38 Å². The minimum absolute atomic E-state index is 0.0505. The van der Waals surface area contributed by atoms with Gasteiger partial charge in [-0.25, -0.2) is 4.98 Å². The van der Waals surface area contributed by atoms with Crippen molar-refractivity contribution in [2.45, 2.75) is 6.42 Å². The molecule has 0 atom stereocenters. The highest BCUT2D eigenvalue weighted by molar-refractivity contribution is 8.48. The predicted octanol–water partition coefficient (Wildman–Crippen LogP) is 3.62. The van der Waals surface area contributed by atoms with Gasteiger partial charge < -0.3 is 10.5 Å². The molecular formula is C8H9F5N2O2S2. The number of ether oxygens (including phenoxy) is 1. The summed E-state index contributed by atoms with van der Waals surface area (Å²) in [5.41, 5.74) is 5.59. The lowest BCUT2D eigenvalue weighted by atomic mass is 10.3. The standard InChI is InChI=1S/C8H9F5N2O2S2/c9-19(10,11,12,13)3-1-2-17-7(16)4-6-5-18-8(14)15-6/h1,3,5H,2,4H2,(H2,14,15)/b3-1+. The number of nitrogen functional groups attached to an aromatic ring is 1. The summed E-state index contributed by atoms with van der Waals surface area (Å²) in [6.45, 7) is -0.899. The average Bonchev–Trinajstić information content (AvgIpc) is 2.55. The van der Waals surface area contributed by atoms with E-state index in [4.69, 9.17) is 5.73 Å². The van der Waals surface area contributed by atoms with E-state index >= 15 is 0 Å². The summed E-state index contributed by atoms with van der Waals surface area (Å²) in [6, 6.07) is 0. The number of halogens is 5. The van der Waals surface area contributed by atoms with Crippen molar-refractivity contribution in [1.82, 2.24) is 4.98 Å². The molecule has 110 valence electrons. The van der Waals surface area contributed by atoms with Gasteiger partial charge >= 0.3 is 16.2 Å². The summed E-state index contributed by atoms with van der Waals surface area (Å²) in [5.74, 6) is -0.892. The van der Waals surface area contributed by atoms with Crippen LogP contribution in [-0.2, 0) is 16.0 Å². The molecule has 1 heterocycles. The second kappa shape index (κ2) is 4.34. The predicted molar refractivity (Wildman–Crippen MR) is 63.5 cm³/mol. The van der Waals surface area contributed by atoms with Crippen molar-refractivity contribution in [3.63, 3.8) is 0 Å². The van der Waals surface area contributed by atoms with E-state index in [1.54, 1.807) is 0 Å². The second-order valence-electron chi connectivity index (χ2n) is 3.44. The van der Waals surface area contributed by atoms with Crippen LogP contribution in [0.1, 0.15) is 5.69 Å². The lowest BCUT2D eigenvalue weighted by Crippen LogP contribution is -2.09. The molecule has 1 aromatic rings.